The lowest BCUT2D eigenvalue weighted by molar-refractivity contribution is -0.136. The van der Waals surface area contributed by atoms with Crippen molar-refractivity contribution in [3.05, 3.63) is 0 Å². The number of carbonyl (C=O) groups excluding carboxylic acids is 1. The van der Waals surface area contributed by atoms with Gasteiger partial charge in [0.15, 0.2) is 0 Å². The third-order valence-corrected chi connectivity index (χ3v) is 4.38. The molecule has 0 aliphatic carbocycles. The average molecular weight is 284 g/mol. The Balaban J connectivity index is 2.59. The van der Waals surface area contributed by atoms with Gasteiger partial charge in [0.05, 0.1) is 19.1 Å². The summed E-state index contributed by atoms with van der Waals surface area (Å²) in [6, 6.07) is 0.193. The predicted molar refractivity (Wildman–Crippen MR) is 82.7 cm³/mol. The zero-order valence-corrected chi connectivity index (χ0v) is 13.7. The summed E-state index contributed by atoms with van der Waals surface area (Å²) >= 11 is 0. The second kappa shape index (κ2) is 9.35. The summed E-state index contributed by atoms with van der Waals surface area (Å²) in [4.78, 5) is 14.7. The summed E-state index contributed by atoms with van der Waals surface area (Å²) in [5.41, 5.74) is 0. The van der Waals surface area contributed by atoms with E-state index < -0.39 is 0 Å². The van der Waals surface area contributed by atoms with Crippen molar-refractivity contribution >= 4 is 5.91 Å². The molecule has 4 heteroatoms. The molecule has 1 heterocycles. The molecule has 0 aromatic rings. The number of hydrogen-bond donors (Lipinski definition) is 1. The molecule has 1 fully saturated rings. The van der Waals surface area contributed by atoms with Crippen LogP contribution in [-0.2, 0) is 9.53 Å². The maximum Gasteiger partial charge on any atom is 0.229 e. The van der Waals surface area contributed by atoms with Gasteiger partial charge in [-0.2, -0.15) is 0 Å². The Labute approximate surface area is 124 Å². The van der Waals surface area contributed by atoms with Crippen LogP contribution in [0.4, 0.5) is 0 Å². The van der Waals surface area contributed by atoms with E-state index >= 15 is 0 Å². The molecule has 118 valence electrons. The summed E-state index contributed by atoms with van der Waals surface area (Å²) in [6.07, 6.45) is 3.36. The Morgan fingerprint density at radius 1 is 1.25 bits per heavy atom. The fraction of sp³-hybridized carbons (Fsp3) is 0.938. The molecule has 1 saturated heterocycles. The minimum atomic E-state index is -0.00383. The third-order valence-electron chi connectivity index (χ3n) is 4.38. The quantitative estimate of drug-likeness (QED) is 0.706. The van der Waals surface area contributed by atoms with E-state index in [2.05, 4.69) is 33.0 Å². The first kappa shape index (κ1) is 17.4. The maximum atomic E-state index is 12.7. The fourth-order valence-electron chi connectivity index (χ4n) is 2.80. The molecule has 20 heavy (non-hydrogen) atoms. The zero-order valence-electron chi connectivity index (χ0n) is 13.7. The first-order valence-corrected chi connectivity index (χ1v) is 8.27. The van der Waals surface area contributed by atoms with Crippen LogP contribution >= 0.6 is 0 Å². The molecule has 1 N–H and O–H groups in total. The lowest BCUT2D eigenvalue weighted by Crippen LogP contribution is -2.47. The molecule has 0 aromatic carbocycles. The number of hydrogen-bond acceptors (Lipinski definition) is 3. The number of rotatable bonds is 9. The number of carbonyl (C=O) groups is 1. The van der Waals surface area contributed by atoms with Crippen molar-refractivity contribution in [2.75, 3.05) is 32.8 Å². The molecule has 4 nitrogen and oxygen atoms in total. The van der Waals surface area contributed by atoms with Crippen molar-refractivity contribution in [1.29, 1.82) is 0 Å². The molecular formula is C16H32N2O2. The zero-order chi connectivity index (χ0) is 15.0. The van der Waals surface area contributed by atoms with Crippen LogP contribution < -0.4 is 5.32 Å². The van der Waals surface area contributed by atoms with E-state index in [1.54, 1.807) is 0 Å². The first-order valence-electron chi connectivity index (χ1n) is 8.27. The van der Waals surface area contributed by atoms with E-state index in [0.717, 1.165) is 38.9 Å². The van der Waals surface area contributed by atoms with Crippen molar-refractivity contribution in [2.24, 2.45) is 11.8 Å². The van der Waals surface area contributed by atoms with E-state index in [1.807, 2.05) is 4.90 Å². The lowest BCUT2D eigenvalue weighted by Gasteiger charge is -2.29. The van der Waals surface area contributed by atoms with Gasteiger partial charge in [-0.05, 0) is 25.8 Å². The number of nitrogens with one attached hydrogen (secondary N) is 1. The van der Waals surface area contributed by atoms with Crippen LogP contribution in [0.1, 0.15) is 47.0 Å². The van der Waals surface area contributed by atoms with Gasteiger partial charge in [-0.25, -0.2) is 0 Å². The lowest BCUT2D eigenvalue weighted by atomic mass is 9.99. The molecule has 1 aliphatic rings. The summed E-state index contributed by atoms with van der Waals surface area (Å²) in [5, 5.41) is 3.45. The highest BCUT2D eigenvalue weighted by Crippen LogP contribution is 2.19. The smallest absolute Gasteiger partial charge is 0.229 e. The minimum absolute atomic E-state index is 0.00383. The third kappa shape index (κ3) is 4.74. The van der Waals surface area contributed by atoms with E-state index in [-0.39, 0.29) is 17.9 Å². The summed E-state index contributed by atoms with van der Waals surface area (Å²) in [6.45, 7) is 12.5. The minimum Gasteiger partial charge on any atom is -0.379 e. The van der Waals surface area contributed by atoms with Gasteiger partial charge < -0.3 is 15.0 Å². The number of amides is 1. The van der Waals surface area contributed by atoms with E-state index in [0.29, 0.717) is 19.1 Å². The Hall–Kier alpha value is -0.610. The van der Waals surface area contributed by atoms with Gasteiger partial charge >= 0.3 is 0 Å². The van der Waals surface area contributed by atoms with E-state index in [4.69, 9.17) is 4.74 Å². The Bertz CT molecular complexity index is 280. The molecule has 2 atom stereocenters. The Morgan fingerprint density at radius 3 is 2.50 bits per heavy atom. The van der Waals surface area contributed by atoms with Gasteiger partial charge in [-0.3, -0.25) is 4.79 Å². The summed E-state index contributed by atoms with van der Waals surface area (Å²) in [7, 11) is 0. The van der Waals surface area contributed by atoms with Crippen molar-refractivity contribution < 1.29 is 9.53 Å². The van der Waals surface area contributed by atoms with Crippen LogP contribution in [-0.4, -0.2) is 49.7 Å². The van der Waals surface area contributed by atoms with Crippen molar-refractivity contribution in [2.45, 2.75) is 53.0 Å². The molecule has 0 radical (unpaired) electrons. The van der Waals surface area contributed by atoms with Crippen molar-refractivity contribution in [1.82, 2.24) is 10.2 Å². The highest BCUT2D eigenvalue weighted by Gasteiger charge is 2.36. The summed E-state index contributed by atoms with van der Waals surface area (Å²) in [5.74, 6) is 0.879. The van der Waals surface area contributed by atoms with Gasteiger partial charge in [-0.1, -0.05) is 33.6 Å². The highest BCUT2D eigenvalue weighted by molar-refractivity contribution is 5.80. The molecule has 0 saturated carbocycles. The van der Waals surface area contributed by atoms with Gasteiger partial charge in [0, 0.05) is 19.1 Å². The molecule has 2 unspecified atom stereocenters. The Kier molecular flexibility index (Phi) is 8.15. The van der Waals surface area contributed by atoms with Crippen LogP contribution in [0.3, 0.4) is 0 Å². The maximum absolute atomic E-state index is 12.7. The topological polar surface area (TPSA) is 41.6 Å². The SMILES string of the molecule is CCCNC1COCC1C(=O)N(CC)CC(CC)CC. The van der Waals surface area contributed by atoms with Crippen molar-refractivity contribution in [3.63, 3.8) is 0 Å². The van der Waals surface area contributed by atoms with E-state index in [9.17, 15) is 4.79 Å². The van der Waals surface area contributed by atoms with Crippen LogP contribution in [0.2, 0.25) is 0 Å². The van der Waals surface area contributed by atoms with Gasteiger partial charge in [0.2, 0.25) is 5.91 Å². The van der Waals surface area contributed by atoms with Gasteiger partial charge in [0.1, 0.15) is 0 Å². The van der Waals surface area contributed by atoms with Crippen LogP contribution in [0.15, 0.2) is 0 Å². The fourth-order valence-corrected chi connectivity index (χ4v) is 2.80. The second-order valence-electron chi connectivity index (χ2n) is 5.76. The average Bonchev–Trinajstić information content (AvgIpc) is 2.94. The van der Waals surface area contributed by atoms with Crippen LogP contribution in [0.25, 0.3) is 0 Å². The summed E-state index contributed by atoms with van der Waals surface area (Å²) < 4.78 is 5.53. The van der Waals surface area contributed by atoms with Crippen molar-refractivity contribution in [3.8, 4) is 0 Å². The standard InChI is InChI=1S/C16H32N2O2/c1-5-9-17-15-12-20-11-14(15)16(19)18(8-4)10-13(6-2)7-3/h13-15,17H,5-12H2,1-4H3. The van der Waals surface area contributed by atoms with Gasteiger partial charge in [0.25, 0.3) is 0 Å². The monoisotopic (exact) mass is 284 g/mol. The Morgan fingerprint density at radius 2 is 1.95 bits per heavy atom. The largest absolute Gasteiger partial charge is 0.379 e. The second-order valence-corrected chi connectivity index (χ2v) is 5.76. The number of ether oxygens (including phenoxy) is 1. The number of nitrogens with zero attached hydrogens (tertiary/aromatic N) is 1. The normalized spacial score (nSPS) is 22.4. The molecule has 0 bridgehead atoms. The molecule has 1 aliphatic heterocycles. The van der Waals surface area contributed by atoms with E-state index in [1.165, 1.54) is 0 Å². The molecular weight excluding hydrogens is 252 g/mol. The molecule has 1 amide bonds. The highest BCUT2D eigenvalue weighted by atomic mass is 16.5. The first-order chi connectivity index (χ1) is 9.67. The van der Waals surface area contributed by atoms with Gasteiger partial charge in [-0.15, -0.1) is 0 Å². The molecule has 1 rings (SSSR count). The molecule has 0 aromatic heterocycles. The predicted octanol–water partition coefficient (Wildman–Crippen LogP) is 2.29. The van der Waals surface area contributed by atoms with Crippen LogP contribution in [0, 0.1) is 11.8 Å². The van der Waals surface area contributed by atoms with Crippen LogP contribution in [0.5, 0.6) is 0 Å². The molecule has 0 spiro atoms.